The van der Waals surface area contributed by atoms with Gasteiger partial charge in [-0.1, -0.05) is 38.0 Å². The number of carbonyl (C=O) groups is 1. The summed E-state index contributed by atoms with van der Waals surface area (Å²) < 4.78 is 0. The van der Waals surface area contributed by atoms with Gasteiger partial charge >= 0.3 is 0 Å². The zero-order valence-corrected chi connectivity index (χ0v) is 11.4. The summed E-state index contributed by atoms with van der Waals surface area (Å²) in [6, 6.07) is 7.31. The molecular weight excluding hydrogens is 238 g/mol. The third-order valence-electron chi connectivity index (χ3n) is 2.74. The minimum absolute atomic E-state index is 0.0605. The van der Waals surface area contributed by atoms with Crippen LogP contribution >= 0.6 is 0 Å². The summed E-state index contributed by atoms with van der Waals surface area (Å²) in [4.78, 5) is 11.7. The number of rotatable bonds is 6. The van der Waals surface area contributed by atoms with Gasteiger partial charge in [0, 0.05) is 17.7 Å². The summed E-state index contributed by atoms with van der Waals surface area (Å²) in [5, 5.41) is 11.5. The van der Waals surface area contributed by atoms with Crippen molar-refractivity contribution in [2.45, 2.75) is 39.0 Å². The molecule has 0 aliphatic heterocycles. The smallest absolute Gasteiger partial charge is 0.224 e. The quantitative estimate of drug-likeness (QED) is 0.609. The average Bonchev–Trinajstić information content (AvgIpc) is 2.43. The Labute approximate surface area is 115 Å². The fraction of sp³-hybridized carbons (Fsp3) is 0.438. The van der Waals surface area contributed by atoms with Gasteiger partial charge in [0.05, 0.1) is 0 Å². The van der Waals surface area contributed by atoms with Gasteiger partial charge < -0.3 is 10.4 Å². The van der Waals surface area contributed by atoms with Crippen LogP contribution in [0, 0.1) is 11.8 Å². The topological polar surface area (TPSA) is 49.3 Å². The van der Waals surface area contributed by atoms with Gasteiger partial charge in [0.2, 0.25) is 5.91 Å². The maximum Gasteiger partial charge on any atom is 0.224 e. The second-order valence-corrected chi connectivity index (χ2v) is 4.40. The van der Waals surface area contributed by atoms with Crippen LogP contribution < -0.4 is 5.32 Å². The second kappa shape index (κ2) is 9.18. The first-order valence-electron chi connectivity index (χ1n) is 6.76. The van der Waals surface area contributed by atoms with Crippen LogP contribution in [0.5, 0.6) is 0 Å². The maximum absolute atomic E-state index is 11.7. The minimum atomic E-state index is -0.143. The van der Waals surface area contributed by atoms with Crippen molar-refractivity contribution in [3.05, 3.63) is 29.8 Å². The van der Waals surface area contributed by atoms with Crippen molar-refractivity contribution >= 4 is 11.6 Å². The van der Waals surface area contributed by atoms with Crippen molar-refractivity contribution in [3.8, 4) is 11.8 Å². The van der Waals surface area contributed by atoms with E-state index in [1.165, 1.54) is 12.8 Å². The number of unbranched alkanes of at least 4 members (excludes halogenated alkanes) is 3. The number of aliphatic hydroxyl groups is 1. The molecule has 102 valence electrons. The average molecular weight is 259 g/mol. The lowest BCUT2D eigenvalue weighted by atomic mass is 10.1. The highest BCUT2D eigenvalue weighted by molar-refractivity contribution is 5.90. The molecule has 3 nitrogen and oxygen atoms in total. The molecule has 0 heterocycles. The van der Waals surface area contributed by atoms with Crippen LogP contribution in [0.15, 0.2) is 24.3 Å². The Balaban J connectivity index is 2.38. The summed E-state index contributed by atoms with van der Waals surface area (Å²) in [6.07, 6.45) is 4.99. The number of anilines is 1. The highest BCUT2D eigenvalue weighted by Gasteiger charge is 2.01. The Hall–Kier alpha value is -1.79. The van der Waals surface area contributed by atoms with Crippen molar-refractivity contribution in [3.63, 3.8) is 0 Å². The van der Waals surface area contributed by atoms with Crippen LogP contribution in [0.1, 0.15) is 44.6 Å². The van der Waals surface area contributed by atoms with E-state index in [-0.39, 0.29) is 12.5 Å². The normalized spacial score (nSPS) is 9.58. The van der Waals surface area contributed by atoms with Crippen molar-refractivity contribution in [1.29, 1.82) is 0 Å². The molecule has 0 saturated carbocycles. The van der Waals surface area contributed by atoms with Crippen molar-refractivity contribution in [2.24, 2.45) is 0 Å². The van der Waals surface area contributed by atoms with Crippen LogP contribution in [0.2, 0.25) is 0 Å². The molecule has 2 N–H and O–H groups in total. The standard InChI is InChI=1S/C16H21NO2/c1-2-3-4-5-8-16(19)17-15-11-9-14(10-12-15)7-6-13-18/h9-12,18H,2-5,8,13H2,1H3,(H,17,19). The van der Waals surface area contributed by atoms with E-state index in [1.54, 1.807) is 0 Å². The summed E-state index contributed by atoms with van der Waals surface area (Å²) in [7, 11) is 0. The lowest BCUT2D eigenvalue weighted by Crippen LogP contribution is -2.10. The van der Waals surface area contributed by atoms with E-state index in [9.17, 15) is 4.79 Å². The van der Waals surface area contributed by atoms with E-state index < -0.39 is 0 Å². The number of hydrogen-bond donors (Lipinski definition) is 2. The number of hydrogen-bond acceptors (Lipinski definition) is 2. The molecule has 0 atom stereocenters. The van der Waals surface area contributed by atoms with Crippen LogP contribution in [0.25, 0.3) is 0 Å². The second-order valence-electron chi connectivity index (χ2n) is 4.40. The molecule has 0 radical (unpaired) electrons. The van der Waals surface area contributed by atoms with E-state index in [0.29, 0.717) is 6.42 Å². The van der Waals surface area contributed by atoms with Gasteiger partial charge in [-0.25, -0.2) is 0 Å². The van der Waals surface area contributed by atoms with Crippen LogP contribution in [0.4, 0.5) is 5.69 Å². The van der Waals surface area contributed by atoms with Gasteiger partial charge in [-0.15, -0.1) is 0 Å². The van der Waals surface area contributed by atoms with Crippen molar-refractivity contribution in [1.82, 2.24) is 0 Å². The van der Waals surface area contributed by atoms with Gasteiger partial charge in [-0.3, -0.25) is 4.79 Å². The third-order valence-corrected chi connectivity index (χ3v) is 2.74. The molecule has 1 amide bonds. The molecule has 0 aliphatic carbocycles. The summed E-state index contributed by atoms with van der Waals surface area (Å²) in [5.74, 6) is 5.45. The number of amides is 1. The van der Waals surface area contributed by atoms with Crippen LogP contribution in [-0.4, -0.2) is 17.6 Å². The Morgan fingerprint density at radius 2 is 1.95 bits per heavy atom. The van der Waals surface area contributed by atoms with Crippen LogP contribution in [-0.2, 0) is 4.79 Å². The fourth-order valence-electron chi connectivity index (χ4n) is 1.71. The molecule has 1 rings (SSSR count). The molecule has 0 bridgehead atoms. The number of nitrogens with one attached hydrogen (secondary N) is 1. The molecule has 3 heteroatoms. The van der Waals surface area contributed by atoms with E-state index >= 15 is 0 Å². The number of benzene rings is 1. The van der Waals surface area contributed by atoms with E-state index in [4.69, 9.17) is 5.11 Å². The molecule has 19 heavy (non-hydrogen) atoms. The van der Waals surface area contributed by atoms with Crippen molar-refractivity contribution < 1.29 is 9.90 Å². The largest absolute Gasteiger partial charge is 0.384 e. The Morgan fingerprint density at radius 3 is 2.58 bits per heavy atom. The molecule has 0 fully saturated rings. The molecule has 0 spiro atoms. The number of aliphatic hydroxyl groups excluding tert-OH is 1. The predicted molar refractivity (Wildman–Crippen MR) is 77.8 cm³/mol. The first kappa shape index (κ1) is 15.3. The Kier molecular flexibility index (Phi) is 7.38. The van der Waals surface area contributed by atoms with E-state index in [1.807, 2.05) is 24.3 Å². The van der Waals surface area contributed by atoms with E-state index in [2.05, 4.69) is 24.1 Å². The van der Waals surface area contributed by atoms with Gasteiger partial charge in [-0.05, 0) is 30.7 Å². The lowest BCUT2D eigenvalue weighted by Gasteiger charge is -2.05. The zero-order valence-electron chi connectivity index (χ0n) is 11.4. The molecule has 1 aromatic carbocycles. The third kappa shape index (κ3) is 6.64. The molecule has 0 unspecified atom stereocenters. The van der Waals surface area contributed by atoms with Crippen LogP contribution in [0.3, 0.4) is 0 Å². The molecular formula is C16H21NO2. The SMILES string of the molecule is CCCCCCC(=O)Nc1ccc(C#CCO)cc1. The van der Waals surface area contributed by atoms with Gasteiger partial charge in [0.1, 0.15) is 6.61 Å². The monoisotopic (exact) mass is 259 g/mol. The first-order chi connectivity index (χ1) is 9.26. The fourth-order valence-corrected chi connectivity index (χ4v) is 1.71. The zero-order chi connectivity index (χ0) is 13.9. The highest BCUT2D eigenvalue weighted by Crippen LogP contribution is 2.10. The summed E-state index contributed by atoms with van der Waals surface area (Å²) in [5.41, 5.74) is 1.62. The molecule has 0 aliphatic rings. The number of carbonyl (C=O) groups excluding carboxylic acids is 1. The first-order valence-corrected chi connectivity index (χ1v) is 6.76. The Morgan fingerprint density at radius 1 is 1.21 bits per heavy atom. The van der Waals surface area contributed by atoms with Gasteiger partial charge in [-0.2, -0.15) is 0 Å². The van der Waals surface area contributed by atoms with Gasteiger partial charge in [0.15, 0.2) is 0 Å². The molecule has 0 saturated heterocycles. The molecule has 0 aromatic heterocycles. The maximum atomic E-state index is 11.7. The lowest BCUT2D eigenvalue weighted by molar-refractivity contribution is -0.116. The predicted octanol–water partition coefficient (Wildman–Crippen LogP) is 2.94. The van der Waals surface area contributed by atoms with Crippen molar-refractivity contribution in [2.75, 3.05) is 11.9 Å². The summed E-state index contributed by atoms with van der Waals surface area (Å²) in [6.45, 7) is 2.01. The minimum Gasteiger partial charge on any atom is -0.384 e. The summed E-state index contributed by atoms with van der Waals surface area (Å²) >= 11 is 0. The molecule has 1 aromatic rings. The highest BCUT2D eigenvalue weighted by atomic mass is 16.2. The Bertz CT molecular complexity index is 440. The van der Waals surface area contributed by atoms with Gasteiger partial charge in [0.25, 0.3) is 0 Å². The van der Waals surface area contributed by atoms with E-state index in [0.717, 1.165) is 24.1 Å².